The van der Waals surface area contributed by atoms with Crippen molar-refractivity contribution in [3.05, 3.63) is 77.9 Å². The van der Waals surface area contributed by atoms with Crippen molar-refractivity contribution in [2.45, 2.75) is 38.9 Å². The summed E-state index contributed by atoms with van der Waals surface area (Å²) < 4.78 is 8.13. The van der Waals surface area contributed by atoms with Gasteiger partial charge < -0.3 is 14.5 Å². The fourth-order valence-corrected chi connectivity index (χ4v) is 4.55. The average Bonchev–Trinajstić information content (AvgIpc) is 3.31. The van der Waals surface area contributed by atoms with Crippen LogP contribution in [0.5, 0.6) is 0 Å². The van der Waals surface area contributed by atoms with E-state index in [0.717, 1.165) is 60.3 Å². The Kier molecular flexibility index (Phi) is 6.95. The molecule has 0 atom stereocenters. The molecule has 1 fully saturated rings. The van der Waals surface area contributed by atoms with E-state index in [-0.39, 0.29) is 12.0 Å². The summed E-state index contributed by atoms with van der Waals surface area (Å²) in [4.78, 5) is 30.4. The lowest BCUT2D eigenvalue weighted by Crippen LogP contribution is -2.38. The fourth-order valence-electron chi connectivity index (χ4n) is 4.55. The zero-order chi connectivity index (χ0) is 25.1. The fraction of sp³-hybridized carbons (Fsp3) is 0.357. The number of ether oxygens (including phenoxy) is 1. The van der Waals surface area contributed by atoms with Gasteiger partial charge in [-0.25, -0.2) is 15.0 Å². The lowest BCUT2D eigenvalue weighted by molar-refractivity contribution is 0.0248. The molecule has 0 aliphatic carbocycles. The topological polar surface area (TPSA) is 76.4 Å². The molecule has 8 heteroatoms. The number of nitrogens with zero attached hydrogens (tertiary/aromatic N) is 6. The first-order chi connectivity index (χ1) is 17.5. The molecule has 4 aromatic rings. The highest BCUT2D eigenvalue weighted by atomic mass is 16.5. The van der Waals surface area contributed by atoms with E-state index in [1.165, 1.54) is 0 Å². The Morgan fingerprint density at radius 2 is 1.72 bits per heavy atom. The Balaban J connectivity index is 1.22. The molecule has 0 unspecified atom stereocenters. The average molecular weight is 485 g/mol. The summed E-state index contributed by atoms with van der Waals surface area (Å²) in [6, 6.07) is 13.9. The summed E-state index contributed by atoms with van der Waals surface area (Å²) in [5.74, 6) is 1.46. The predicted octanol–water partition coefficient (Wildman–Crippen LogP) is 4.27. The van der Waals surface area contributed by atoms with Crippen LogP contribution >= 0.6 is 0 Å². The Morgan fingerprint density at radius 3 is 2.39 bits per heavy atom. The number of benzene rings is 1. The zero-order valence-corrected chi connectivity index (χ0v) is 21.1. The van der Waals surface area contributed by atoms with Gasteiger partial charge in [0, 0.05) is 51.2 Å². The normalized spacial score (nSPS) is 14.4. The molecule has 5 rings (SSSR count). The van der Waals surface area contributed by atoms with Gasteiger partial charge in [0.2, 0.25) is 5.95 Å². The Bertz CT molecular complexity index is 1320. The molecule has 0 bridgehead atoms. The minimum absolute atomic E-state index is 0.0570. The van der Waals surface area contributed by atoms with Crippen molar-refractivity contribution < 1.29 is 9.53 Å². The van der Waals surface area contributed by atoms with Gasteiger partial charge in [-0.1, -0.05) is 31.2 Å². The van der Waals surface area contributed by atoms with Crippen LogP contribution in [-0.4, -0.2) is 63.6 Å². The number of aryl methyl sites for hydroxylation is 1. The van der Waals surface area contributed by atoms with Crippen LogP contribution in [0.3, 0.4) is 0 Å². The van der Waals surface area contributed by atoms with Crippen LogP contribution < -0.4 is 4.90 Å². The molecular formula is C28H32N6O2. The lowest BCUT2D eigenvalue weighted by Gasteiger charge is -2.31. The van der Waals surface area contributed by atoms with Crippen molar-refractivity contribution in [2.24, 2.45) is 0 Å². The summed E-state index contributed by atoms with van der Waals surface area (Å²) in [6.07, 6.45) is 8.70. The first-order valence-electron chi connectivity index (χ1n) is 12.5. The van der Waals surface area contributed by atoms with Crippen molar-refractivity contribution in [2.75, 3.05) is 32.1 Å². The number of aromatic nitrogens is 4. The number of piperidine rings is 1. The number of pyridine rings is 1. The maximum Gasteiger partial charge on any atom is 0.270 e. The number of amides is 1. The standard InChI is InChI=1S/C28H32N6O2/c1-4-20-16-30-28(31-17-20)33-13-11-23(12-14-33)36-19-21-9-10-26(29-18-21)34-24-8-6-5-7-22(24)15-25(34)27(35)32(2)3/h5-10,15-18,23H,4,11-14,19H2,1-3H3. The lowest BCUT2D eigenvalue weighted by atomic mass is 10.1. The summed E-state index contributed by atoms with van der Waals surface area (Å²) in [5, 5.41) is 1.01. The molecule has 4 heterocycles. The number of hydrogen-bond donors (Lipinski definition) is 0. The first-order valence-corrected chi connectivity index (χ1v) is 12.5. The summed E-state index contributed by atoms with van der Waals surface area (Å²) in [7, 11) is 3.52. The molecule has 0 N–H and O–H groups in total. The molecule has 1 saturated heterocycles. The molecule has 3 aromatic heterocycles. The van der Waals surface area contributed by atoms with Crippen molar-refractivity contribution in [1.29, 1.82) is 0 Å². The Morgan fingerprint density at radius 1 is 1.00 bits per heavy atom. The van der Waals surface area contributed by atoms with Gasteiger partial charge in [-0.05, 0) is 48.6 Å². The van der Waals surface area contributed by atoms with E-state index in [1.807, 2.05) is 65.6 Å². The van der Waals surface area contributed by atoms with E-state index >= 15 is 0 Å². The Hall–Kier alpha value is -3.78. The summed E-state index contributed by atoms with van der Waals surface area (Å²) in [6.45, 7) is 4.39. The van der Waals surface area contributed by atoms with E-state index in [4.69, 9.17) is 9.72 Å². The van der Waals surface area contributed by atoms with Crippen LogP contribution in [0.1, 0.15) is 41.4 Å². The molecule has 186 valence electrons. The van der Waals surface area contributed by atoms with Gasteiger partial charge in [0.25, 0.3) is 5.91 Å². The smallest absolute Gasteiger partial charge is 0.270 e. The van der Waals surface area contributed by atoms with Crippen LogP contribution in [-0.2, 0) is 17.8 Å². The van der Waals surface area contributed by atoms with Crippen LogP contribution in [0.25, 0.3) is 16.7 Å². The van der Waals surface area contributed by atoms with Crippen LogP contribution in [0.2, 0.25) is 0 Å². The quantitative estimate of drug-likeness (QED) is 0.390. The number of carbonyl (C=O) groups is 1. The molecule has 1 aliphatic rings. The number of para-hydroxylation sites is 1. The van der Waals surface area contributed by atoms with Gasteiger partial charge in [0.15, 0.2) is 0 Å². The minimum atomic E-state index is -0.0570. The highest BCUT2D eigenvalue weighted by Crippen LogP contribution is 2.25. The van der Waals surface area contributed by atoms with Crippen molar-refractivity contribution in [3.63, 3.8) is 0 Å². The molecule has 0 radical (unpaired) electrons. The first kappa shape index (κ1) is 23.9. The highest BCUT2D eigenvalue weighted by molar-refractivity contribution is 5.99. The third-order valence-electron chi connectivity index (χ3n) is 6.68. The largest absolute Gasteiger partial charge is 0.373 e. The number of fused-ring (bicyclic) bond motifs is 1. The number of hydrogen-bond acceptors (Lipinski definition) is 6. The third-order valence-corrected chi connectivity index (χ3v) is 6.68. The maximum atomic E-state index is 12.8. The summed E-state index contributed by atoms with van der Waals surface area (Å²) >= 11 is 0. The van der Waals surface area contributed by atoms with Crippen molar-refractivity contribution >= 4 is 22.8 Å². The second-order valence-corrected chi connectivity index (χ2v) is 9.39. The van der Waals surface area contributed by atoms with Gasteiger partial charge >= 0.3 is 0 Å². The second kappa shape index (κ2) is 10.5. The van der Waals surface area contributed by atoms with E-state index in [0.29, 0.717) is 18.1 Å². The third kappa shape index (κ3) is 4.95. The van der Waals surface area contributed by atoms with E-state index in [1.54, 1.807) is 19.0 Å². The van der Waals surface area contributed by atoms with Crippen LogP contribution in [0.4, 0.5) is 5.95 Å². The molecule has 0 saturated carbocycles. The number of rotatable bonds is 7. The van der Waals surface area contributed by atoms with Gasteiger partial charge in [-0.2, -0.15) is 0 Å². The Labute approximate surface area is 211 Å². The molecule has 8 nitrogen and oxygen atoms in total. The van der Waals surface area contributed by atoms with Gasteiger partial charge in [-0.15, -0.1) is 0 Å². The van der Waals surface area contributed by atoms with Crippen molar-refractivity contribution in [1.82, 2.24) is 24.4 Å². The van der Waals surface area contributed by atoms with Crippen LogP contribution in [0.15, 0.2) is 61.1 Å². The van der Waals surface area contributed by atoms with Crippen LogP contribution in [0, 0.1) is 0 Å². The molecule has 36 heavy (non-hydrogen) atoms. The van der Waals surface area contributed by atoms with E-state index in [2.05, 4.69) is 21.8 Å². The molecule has 1 aliphatic heterocycles. The summed E-state index contributed by atoms with van der Waals surface area (Å²) in [5.41, 5.74) is 3.72. The van der Waals surface area contributed by atoms with E-state index < -0.39 is 0 Å². The zero-order valence-electron chi connectivity index (χ0n) is 21.1. The molecular weight excluding hydrogens is 452 g/mol. The van der Waals surface area contributed by atoms with Gasteiger partial charge in [-0.3, -0.25) is 9.36 Å². The monoisotopic (exact) mass is 484 g/mol. The van der Waals surface area contributed by atoms with Gasteiger partial charge in [0.05, 0.1) is 18.2 Å². The van der Waals surface area contributed by atoms with Gasteiger partial charge in [0.1, 0.15) is 11.5 Å². The predicted molar refractivity (Wildman–Crippen MR) is 141 cm³/mol. The molecule has 0 spiro atoms. The SMILES string of the molecule is CCc1cnc(N2CCC(OCc3ccc(-n4c(C(=O)N(C)C)cc5ccccc54)nc3)CC2)nc1. The number of carbonyl (C=O) groups excluding carboxylic acids is 1. The highest BCUT2D eigenvalue weighted by Gasteiger charge is 2.22. The molecule has 1 amide bonds. The van der Waals surface area contributed by atoms with Crippen molar-refractivity contribution in [3.8, 4) is 5.82 Å². The maximum absolute atomic E-state index is 12.8. The molecule has 1 aromatic carbocycles. The van der Waals surface area contributed by atoms with E-state index in [9.17, 15) is 4.79 Å². The minimum Gasteiger partial charge on any atom is -0.373 e. The second-order valence-electron chi connectivity index (χ2n) is 9.39. The number of anilines is 1.